The fourth-order valence-corrected chi connectivity index (χ4v) is 3.75. The van der Waals surface area contributed by atoms with Gasteiger partial charge in [0.15, 0.2) is 0 Å². The topological polar surface area (TPSA) is 73.3 Å². The minimum atomic E-state index is -1.12. The Balaban J connectivity index is 0.000000774. The Bertz CT molecular complexity index is 689. The molecule has 0 saturated heterocycles. The summed E-state index contributed by atoms with van der Waals surface area (Å²) in [6, 6.07) is 9.91. The first-order valence-electron chi connectivity index (χ1n) is 6.78. The summed E-state index contributed by atoms with van der Waals surface area (Å²) in [5.41, 5.74) is 7.31. The highest BCUT2D eigenvalue weighted by atomic mass is 32.2. The van der Waals surface area contributed by atoms with Gasteiger partial charge in [-0.2, -0.15) is 0 Å². The number of nitrogens with two attached hydrogens (primary N) is 1. The smallest absolute Gasteiger partial charge is 0.213 e. The van der Waals surface area contributed by atoms with Crippen LogP contribution in [0.15, 0.2) is 40.9 Å². The standard InChI is InChI=1S/C12H12N4OS2.C2H6/c13-6-7-19(17)12-15-16-8-10(14-11(16)18-12)9-4-2-1-3-5-9;1-2/h1-5,8H,6-7,13H2;1-2H3. The molecule has 21 heavy (non-hydrogen) atoms. The van der Waals surface area contributed by atoms with E-state index in [0.29, 0.717) is 16.6 Å². The van der Waals surface area contributed by atoms with Crippen LogP contribution >= 0.6 is 11.3 Å². The van der Waals surface area contributed by atoms with Crippen LogP contribution in [0.1, 0.15) is 13.8 Å². The van der Waals surface area contributed by atoms with Gasteiger partial charge in [-0.1, -0.05) is 55.5 Å². The van der Waals surface area contributed by atoms with Crippen molar-refractivity contribution in [2.75, 3.05) is 12.3 Å². The molecule has 7 heteroatoms. The van der Waals surface area contributed by atoms with E-state index in [1.807, 2.05) is 50.4 Å². The summed E-state index contributed by atoms with van der Waals surface area (Å²) in [5, 5.41) is 4.29. The first-order chi connectivity index (χ1) is 10.3. The second-order valence-corrected chi connectivity index (χ2v) is 6.63. The Hall–Kier alpha value is -1.57. The Labute approximate surface area is 130 Å². The number of imidazole rings is 1. The molecule has 1 aromatic carbocycles. The van der Waals surface area contributed by atoms with Crippen LogP contribution in [0.5, 0.6) is 0 Å². The highest BCUT2D eigenvalue weighted by molar-refractivity contribution is 7.87. The summed E-state index contributed by atoms with van der Waals surface area (Å²) in [6.45, 7) is 4.39. The fourth-order valence-electron chi connectivity index (χ4n) is 1.72. The highest BCUT2D eigenvalue weighted by Gasteiger charge is 2.13. The van der Waals surface area contributed by atoms with Crippen molar-refractivity contribution in [2.24, 2.45) is 5.73 Å². The van der Waals surface area contributed by atoms with Crippen molar-refractivity contribution in [3.8, 4) is 11.3 Å². The van der Waals surface area contributed by atoms with E-state index >= 15 is 0 Å². The van der Waals surface area contributed by atoms with Crippen molar-refractivity contribution in [3.05, 3.63) is 36.5 Å². The predicted molar refractivity (Wildman–Crippen MR) is 88.0 cm³/mol. The second kappa shape index (κ2) is 7.44. The summed E-state index contributed by atoms with van der Waals surface area (Å²) in [6.07, 6.45) is 1.85. The molecule has 0 aliphatic heterocycles. The van der Waals surface area contributed by atoms with Crippen LogP contribution in [-0.4, -0.2) is 31.1 Å². The van der Waals surface area contributed by atoms with Crippen LogP contribution in [0.25, 0.3) is 16.2 Å². The van der Waals surface area contributed by atoms with Crippen LogP contribution in [0.2, 0.25) is 0 Å². The molecule has 112 valence electrons. The predicted octanol–water partition coefficient (Wildman–Crippen LogP) is 2.55. The molecule has 2 N–H and O–H groups in total. The molecule has 5 nitrogen and oxygen atoms in total. The molecular formula is C14H18N4OS2. The Morgan fingerprint density at radius 1 is 1.29 bits per heavy atom. The summed E-state index contributed by atoms with van der Waals surface area (Å²) >= 11 is 1.35. The van der Waals surface area contributed by atoms with Gasteiger partial charge in [-0.15, -0.1) is 5.10 Å². The van der Waals surface area contributed by atoms with E-state index in [4.69, 9.17) is 5.73 Å². The zero-order chi connectivity index (χ0) is 15.2. The summed E-state index contributed by atoms with van der Waals surface area (Å²) < 4.78 is 14.1. The maximum absolute atomic E-state index is 11.8. The fraction of sp³-hybridized carbons (Fsp3) is 0.286. The molecule has 0 spiro atoms. The molecule has 3 aromatic rings. The lowest BCUT2D eigenvalue weighted by Gasteiger charge is -1.94. The zero-order valence-electron chi connectivity index (χ0n) is 12.0. The molecule has 1 atom stereocenters. The van der Waals surface area contributed by atoms with Crippen molar-refractivity contribution in [1.82, 2.24) is 14.6 Å². The van der Waals surface area contributed by atoms with E-state index in [1.165, 1.54) is 11.3 Å². The van der Waals surface area contributed by atoms with Gasteiger partial charge in [0.1, 0.15) is 0 Å². The molecular weight excluding hydrogens is 304 g/mol. The van der Waals surface area contributed by atoms with Crippen LogP contribution < -0.4 is 5.73 Å². The van der Waals surface area contributed by atoms with E-state index in [2.05, 4.69) is 10.1 Å². The van der Waals surface area contributed by atoms with E-state index in [1.54, 1.807) is 4.52 Å². The summed E-state index contributed by atoms with van der Waals surface area (Å²) in [4.78, 5) is 5.25. The molecule has 0 saturated carbocycles. The van der Waals surface area contributed by atoms with Crippen LogP contribution in [0, 0.1) is 0 Å². The lowest BCUT2D eigenvalue weighted by atomic mass is 10.2. The van der Waals surface area contributed by atoms with Gasteiger partial charge in [0.25, 0.3) is 0 Å². The Morgan fingerprint density at radius 2 is 2.00 bits per heavy atom. The van der Waals surface area contributed by atoms with E-state index in [-0.39, 0.29) is 0 Å². The van der Waals surface area contributed by atoms with Gasteiger partial charge < -0.3 is 5.73 Å². The van der Waals surface area contributed by atoms with Crippen molar-refractivity contribution < 1.29 is 4.21 Å². The van der Waals surface area contributed by atoms with Crippen molar-refractivity contribution >= 4 is 27.1 Å². The average Bonchev–Trinajstić information content (AvgIpc) is 3.09. The van der Waals surface area contributed by atoms with E-state index < -0.39 is 10.8 Å². The van der Waals surface area contributed by atoms with Crippen LogP contribution in [-0.2, 0) is 10.8 Å². The number of hydrogen-bond donors (Lipinski definition) is 1. The molecule has 0 radical (unpaired) electrons. The third kappa shape index (κ3) is 3.55. The number of hydrogen-bond acceptors (Lipinski definition) is 5. The lowest BCUT2D eigenvalue weighted by Crippen LogP contribution is -2.10. The number of benzene rings is 1. The SMILES string of the molecule is CC.NCCS(=O)c1nn2cc(-c3ccccc3)nc2s1. The first-order valence-corrected chi connectivity index (χ1v) is 8.91. The second-order valence-electron chi connectivity index (χ2n) is 3.93. The lowest BCUT2D eigenvalue weighted by molar-refractivity contribution is 0.680. The monoisotopic (exact) mass is 322 g/mol. The Kier molecular flexibility index (Phi) is 5.60. The minimum Gasteiger partial charge on any atom is -0.330 e. The number of aromatic nitrogens is 3. The average molecular weight is 322 g/mol. The number of rotatable bonds is 4. The molecule has 2 heterocycles. The van der Waals surface area contributed by atoms with Gasteiger partial charge >= 0.3 is 0 Å². The molecule has 0 fully saturated rings. The van der Waals surface area contributed by atoms with Crippen LogP contribution in [0.3, 0.4) is 0 Å². The first kappa shape index (κ1) is 15.8. The quantitative estimate of drug-likeness (QED) is 0.801. The molecule has 3 rings (SSSR count). The van der Waals surface area contributed by atoms with Crippen molar-refractivity contribution in [1.29, 1.82) is 0 Å². The maximum Gasteiger partial charge on any atom is 0.213 e. The molecule has 0 bridgehead atoms. The normalized spacial score (nSPS) is 12.0. The third-order valence-electron chi connectivity index (χ3n) is 2.59. The van der Waals surface area contributed by atoms with Gasteiger partial charge in [0.2, 0.25) is 9.30 Å². The highest BCUT2D eigenvalue weighted by Crippen LogP contribution is 2.23. The van der Waals surface area contributed by atoms with Gasteiger partial charge in [-0.05, 0) is 0 Å². The van der Waals surface area contributed by atoms with E-state index in [0.717, 1.165) is 16.2 Å². The van der Waals surface area contributed by atoms with Gasteiger partial charge in [-0.25, -0.2) is 9.50 Å². The van der Waals surface area contributed by atoms with Gasteiger partial charge in [0.05, 0.1) is 22.7 Å². The third-order valence-corrected chi connectivity index (χ3v) is 5.19. The number of nitrogens with zero attached hydrogens (tertiary/aromatic N) is 3. The summed E-state index contributed by atoms with van der Waals surface area (Å²) in [5.74, 6) is 0.433. The largest absolute Gasteiger partial charge is 0.330 e. The van der Waals surface area contributed by atoms with Gasteiger partial charge in [-0.3, -0.25) is 4.21 Å². The van der Waals surface area contributed by atoms with E-state index in [9.17, 15) is 4.21 Å². The Morgan fingerprint density at radius 3 is 2.62 bits per heavy atom. The maximum atomic E-state index is 11.8. The molecule has 0 amide bonds. The molecule has 0 aliphatic rings. The van der Waals surface area contributed by atoms with Gasteiger partial charge in [0, 0.05) is 17.9 Å². The van der Waals surface area contributed by atoms with Crippen LogP contribution in [0.4, 0.5) is 0 Å². The van der Waals surface area contributed by atoms with Crippen molar-refractivity contribution in [3.63, 3.8) is 0 Å². The van der Waals surface area contributed by atoms with Crippen molar-refractivity contribution in [2.45, 2.75) is 18.2 Å². The summed E-state index contributed by atoms with van der Waals surface area (Å²) in [7, 11) is -1.12. The molecule has 0 aliphatic carbocycles. The molecule has 2 aromatic heterocycles. The number of fused-ring (bicyclic) bond motifs is 1. The zero-order valence-corrected chi connectivity index (χ0v) is 13.7. The molecule has 1 unspecified atom stereocenters. The minimum absolute atomic E-state index is 0.393.